The minimum atomic E-state index is -3.25. The number of benzene rings is 1. The van der Waals surface area contributed by atoms with Crippen molar-refractivity contribution < 1.29 is 28.0 Å². The van der Waals surface area contributed by atoms with E-state index < -0.39 is 40.1 Å². The molecule has 0 saturated heterocycles. The van der Waals surface area contributed by atoms with Crippen molar-refractivity contribution in [3.8, 4) is 11.8 Å². The summed E-state index contributed by atoms with van der Waals surface area (Å²) < 4.78 is 32.7. The number of nitro groups is 1. The van der Waals surface area contributed by atoms with Crippen molar-refractivity contribution in [2.45, 2.75) is 6.61 Å². The van der Waals surface area contributed by atoms with Crippen LogP contribution in [0.4, 0.5) is 14.5 Å². The van der Waals surface area contributed by atoms with E-state index in [1.54, 1.807) is 0 Å². The average Bonchev–Trinajstić information content (AvgIpc) is 2.36. The van der Waals surface area contributed by atoms with Gasteiger partial charge in [-0.05, 0) is 6.07 Å². The summed E-state index contributed by atoms with van der Waals surface area (Å²) in [6, 6.07) is 3.00. The van der Waals surface area contributed by atoms with Crippen LogP contribution in [0.1, 0.15) is 15.9 Å². The lowest BCUT2D eigenvalue weighted by Gasteiger charge is -2.10. The lowest BCUT2D eigenvalue weighted by molar-refractivity contribution is -0.385. The normalized spacial score (nSPS) is 9.84. The second-order valence-electron chi connectivity index (χ2n) is 3.07. The lowest BCUT2D eigenvalue weighted by atomic mass is 10.1. The number of rotatable bonds is 4. The van der Waals surface area contributed by atoms with E-state index >= 15 is 0 Å². The van der Waals surface area contributed by atoms with E-state index in [0.717, 1.165) is 19.2 Å². The number of halogens is 2. The molecule has 1 aromatic carbocycles. The summed E-state index contributed by atoms with van der Waals surface area (Å²) in [5.74, 6) is -1.85. The third kappa shape index (κ3) is 2.92. The van der Waals surface area contributed by atoms with Gasteiger partial charge in [0.25, 0.3) is 5.69 Å². The number of alkyl halides is 2. The number of hydrogen-bond acceptors (Lipinski definition) is 6. The summed E-state index contributed by atoms with van der Waals surface area (Å²) in [6.07, 6.45) is 0. The number of methoxy groups -OCH3 is 1. The summed E-state index contributed by atoms with van der Waals surface area (Å²) >= 11 is 0. The largest absolute Gasteiger partial charge is 0.465 e. The highest BCUT2D eigenvalue weighted by molar-refractivity contribution is 5.96. The highest BCUT2D eigenvalue weighted by Gasteiger charge is 2.28. The smallest absolute Gasteiger partial charge is 0.387 e. The van der Waals surface area contributed by atoms with E-state index in [2.05, 4.69) is 9.47 Å². The van der Waals surface area contributed by atoms with Crippen LogP contribution >= 0.6 is 0 Å². The molecule has 9 heteroatoms. The quantitative estimate of drug-likeness (QED) is 0.470. The van der Waals surface area contributed by atoms with Crippen molar-refractivity contribution in [2.24, 2.45) is 0 Å². The van der Waals surface area contributed by atoms with Gasteiger partial charge in [0.1, 0.15) is 22.9 Å². The van der Waals surface area contributed by atoms with E-state index in [1.807, 2.05) is 0 Å². The van der Waals surface area contributed by atoms with E-state index in [0.29, 0.717) is 0 Å². The van der Waals surface area contributed by atoms with Crippen LogP contribution in [0.2, 0.25) is 0 Å². The maximum Gasteiger partial charge on any atom is 0.387 e. The van der Waals surface area contributed by atoms with Gasteiger partial charge in [0.2, 0.25) is 0 Å². The molecule has 7 nitrogen and oxygen atoms in total. The number of ether oxygens (including phenoxy) is 2. The number of carbonyl (C=O) groups excluding carboxylic acids is 1. The second-order valence-corrected chi connectivity index (χ2v) is 3.07. The summed E-state index contributed by atoms with van der Waals surface area (Å²) in [6.45, 7) is -3.25. The highest BCUT2D eigenvalue weighted by atomic mass is 19.3. The molecule has 0 heterocycles. The highest BCUT2D eigenvalue weighted by Crippen LogP contribution is 2.31. The lowest BCUT2D eigenvalue weighted by Crippen LogP contribution is -2.12. The first-order valence-electron chi connectivity index (χ1n) is 4.67. The number of esters is 1. The molecule has 0 aliphatic rings. The Hall–Kier alpha value is -2.76. The predicted molar refractivity (Wildman–Crippen MR) is 55.8 cm³/mol. The molecule has 0 unspecified atom stereocenters. The molecule has 0 saturated carbocycles. The molecule has 0 atom stereocenters. The number of nitrogens with zero attached hydrogens (tertiary/aromatic N) is 2. The molecule has 0 fully saturated rings. The van der Waals surface area contributed by atoms with Crippen molar-refractivity contribution in [3.63, 3.8) is 0 Å². The zero-order chi connectivity index (χ0) is 14.6. The van der Waals surface area contributed by atoms with Gasteiger partial charge >= 0.3 is 12.6 Å². The monoisotopic (exact) mass is 272 g/mol. The van der Waals surface area contributed by atoms with E-state index in [1.165, 1.54) is 6.07 Å². The van der Waals surface area contributed by atoms with Gasteiger partial charge in [-0.15, -0.1) is 0 Å². The Balaban J connectivity index is 3.56. The number of carbonyl (C=O) groups is 1. The van der Waals surface area contributed by atoms with E-state index in [9.17, 15) is 23.7 Å². The maximum absolute atomic E-state index is 12.2. The first-order chi connectivity index (χ1) is 8.92. The molecule has 0 bridgehead atoms. The van der Waals surface area contributed by atoms with Crippen LogP contribution in [0, 0.1) is 21.4 Å². The summed E-state index contributed by atoms with van der Waals surface area (Å²) in [4.78, 5) is 21.2. The minimum Gasteiger partial charge on any atom is -0.465 e. The van der Waals surface area contributed by atoms with Crippen LogP contribution in [0.15, 0.2) is 12.1 Å². The van der Waals surface area contributed by atoms with Crippen molar-refractivity contribution in [3.05, 3.63) is 33.4 Å². The van der Waals surface area contributed by atoms with Crippen molar-refractivity contribution in [1.82, 2.24) is 0 Å². The van der Waals surface area contributed by atoms with E-state index in [-0.39, 0.29) is 0 Å². The average molecular weight is 272 g/mol. The fraction of sp³-hybridized carbons (Fsp3) is 0.200. The fourth-order valence-electron chi connectivity index (χ4n) is 1.34. The standard InChI is InChI=1S/C10H6F2N2O5/c1-18-9(15)8-5(4-13)6(14(16)17)2-3-7(8)19-10(11)12/h2-3,10H,1H3. The topological polar surface area (TPSA) is 102 Å². The Morgan fingerprint density at radius 3 is 2.58 bits per heavy atom. The molecule has 1 rings (SSSR count). The zero-order valence-corrected chi connectivity index (χ0v) is 9.42. The number of hydrogen-bond donors (Lipinski definition) is 0. The molecule has 0 N–H and O–H groups in total. The Morgan fingerprint density at radius 1 is 1.53 bits per heavy atom. The minimum absolute atomic E-state index is 0.663. The van der Waals surface area contributed by atoms with Crippen molar-refractivity contribution >= 4 is 11.7 Å². The Labute approximate surface area is 105 Å². The van der Waals surface area contributed by atoms with Crippen molar-refractivity contribution in [1.29, 1.82) is 5.26 Å². The number of nitro benzene ring substituents is 1. The molecule has 0 aromatic heterocycles. The van der Waals surface area contributed by atoms with Gasteiger partial charge < -0.3 is 9.47 Å². The summed E-state index contributed by atoms with van der Waals surface area (Å²) in [7, 11) is 0.939. The third-order valence-corrected chi connectivity index (χ3v) is 2.06. The first kappa shape index (κ1) is 14.3. The van der Waals surface area contributed by atoms with Gasteiger partial charge in [0.15, 0.2) is 0 Å². The van der Waals surface area contributed by atoms with Gasteiger partial charge in [-0.3, -0.25) is 10.1 Å². The van der Waals surface area contributed by atoms with Crippen LogP contribution in [-0.4, -0.2) is 24.6 Å². The molecule has 19 heavy (non-hydrogen) atoms. The zero-order valence-electron chi connectivity index (χ0n) is 9.42. The summed E-state index contributed by atoms with van der Waals surface area (Å²) in [5.41, 5.74) is -2.11. The Kier molecular flexibility index (Phi) is 4.31. The molecule has 100 valence electrons. The van der Waals surface area contributed by atoms with Gasteiger partial charge in [0, 0.05) is 6.07 Å². The third-order valence-electron chi connectivity index (χ3n) is 2.06. The Morgan fingerprint density at radius 2 is 2.16 bits per heavy atom. The van der Waals surface area contributed by atoms with Crippen LogP contribution in [0.25, 0.3) is 0 Å². The summed E-state index contributed by atoms with van der Waals surface area (Å²) in [5, 5.41) is 19.5. The molecule has 0 aliphatic carbocycles. The second kappa shape index (κ2) is 5.72. The van der Waals surface area contributed by atoms with Gasteiger partial charge in [-0.2, -0.15) is 14.0 Å². The molecule has 1 aromatic rings. The van der Waals surface area contributed by atoms with Crippen LogP contribution < -0.4 is 4.74 Å². The SMILES string of the molecule is COC(=O)c1c(OC(F)F)ccc([N+](=O)[O-])c1C#N. The molecule has 0 amide bonds. The molecule has 0 radical (unpaired) electrons. The molecular weight excluding hydrogens is 266 g/mol. The molecular formula is C10H6F2N2O5. The fourth-order valence-corrected chi connectivity index (χ4v) is 1.34. The van der Waals surface area contributed by atoms with Crippen LogP contribution in [0.3, 0.4) is 0 Å². The van der Waals surface area contributed by atoms with E-state index in [4.69, 9.17) is 5.26 Å². The first-order valence-corrected chi connectivity index (χ1v) is 4.67. The maximum atomic E-state index is 12.2. The van der Waals surface area contributed by atoms with Gasteiger partial charge in [0.05, 0.1) is 12.0 Å². The number of nitriles is 1. The van der Waals surface area contributed by atoms with Crippen LogP contribution in [-0.2, 0) is 4.74 Å². The molecule has 0 spiro atoms. The van der Waals surface area contributed by atoms with Gasteiger partial charge in [-0.25, -0.2) is 4.79 Å². The van der Waals surface area contributed by atoms with Crippen LogP contribution in [0.5, 0.6) is 5.75 Å². The molecule has 0 aliphatic heterocycles. The predicted octanol–water partition coefficient (Wildman–Crippen LogP) is 1.85. The van der Waals surface area contributed by atoms with Crippen molar-refractivity contribution in [2.75, 3.05) is 7.11 Å². The Bertz CT molecular complexity index is 568. The van der Waals surface area contributed by atoms with Gasteiger partial charge in [-0.1, -0.05) is 0 Å².